The molecule has 1 aliphatic heterocycles. The fourth-order valence-electron chi connectivity index (χ4n) is 2.14. The number of amides is 2. The van der Waals surface area contributed by atoms with Gasteiger partial charge in [-0.25, -0.2) is 0 Å². The van der Waals surface area contributed by atoms with E-state index in [0.717, 1.165) is 17.5 Å². The van der Waals surface area contributed by atoms with Crippen molar-refractivity contribution in [3.63, 3.8) is 0 Å². The molecular weight excluding hydrogens is 334 g/mol. The summed E-state index contributed by atoms with van der Waals surface area (Å²) in [4.78, 5) is 24.0. The van der Waals surface area contributed by atoms with E-state index >= 15 is 0 Å². The SMILES string of the molecule is CCn1c(C)nnc1SCCNC(=O)C1CSC(C)(C)C(=O)N1. The van der Waals surface area contributed by atoms with Crippen molar-refractivity contribution in [3.8, 4) is 0 Å². The molecule has 0 aromatic carbocycles. The Morgan fingerprint density at radius 3 is 2.91 bits per heavy atom. The van der Waals surface area contributed by atoms with E-state index in [1.807, 2.05) is 32.3 Å². The zero-order valence-corrected chi connectivity index (χ0v) is 15.5. The van der Waals surface area contributed by atoms with Gasteiger partial charge in [0, 0.05) is 24.6 Å². The molecule has 7 nitrogen and oxygen atoms in total. The van der Waals surface area contributed by atoms with Gasteiger partial charge in [0.2, 0.25) is 11.8 Å². The van der Waals surface area contributed by atoms with Gasteiger partial charge < -0.3 is 15.2 Å². The van der Waals surface area contributed by atoms with Gasteiger partial charge >= 0.3 is 0 Å². The summed E-state index contributed by atoms with van der Waals surface area (Å²) in [6.45, 7) is 9.06. The van der Waals surface area contributed by atoms with Crippen molar-refractivity contribution in [2.45, 2.75) is 50.2 Å². The molecule has 1 unspecified atom stereocenters. The van der Waals surface area contributed by atoms with Crippen LogP contribution in [-0.4, -0.2) is 55.4 Å². The molecule has 2 N–H and O–H groups in total. The van der Waals surface area contributed by atoms with Crippen LogP contribution in [0.2, 0.25) is 0 Å². The maximum absolute atomic E-state index is 12.1. The first kappa shape index (κ1) is 18.1. The Hall–Kier alpha value is -1.22. The Morgan fingerprint density at radius 1 is 1.52 bits per heavy atom. The normalized spacial score (nSPS) is 20.2. The third kappa shape index (κ3) is 4.41. The lowest BCUT2D eigenvalue weighted by Crippen LogP contribution is -2.57. The summed E-state index contributed by atoms with van der Waals surface area (Å²) in [5.41, 5.74) is 0. The minimum absolute atomic E-state index is 0.0882. The van der Waals surface area contributed by atoms with Gasteiger partial charge in [-0.2, -0.15) is 0 Å². The van der Waals surface area contributed by atoms with Gasteiger partial charge in [-0.05, 0) is 27.7 Å². The molecule has 0 saturated carbocycles. The zero-order chi connectivity index (χ0) is 17.0. The van der Waals surface area contributed by atoms with E-state index in [2.05, 4.69) is 20.8 Å². The summed E-state index contributed by atoms with van der Waals surface area (Å²) in [5.74, 6) is 1.98. The van der Waals surface area contributed by atoms with Gasteiger partial charge in [0.25, 0.3) is 0 Å². The van der Waals surface area contributed by atoms with Crippen LogP contribution in [0.25, 0.3) is 0 Å². The van der Waals surface area contributed by atoms with Gasteiger partial charge in [0.05, 0.1) is 4.75 Å². The summed E-state index contributed by atoms with van der Waals surface area (Å²) >= 11 is 3.07. The molecule has 1 aliphatic rings. The van der Waals surface area contributed by atoms with E-state index in [1.54, 1.807) is 11.8 Å². The molecule has 1 fully saturated rings. The molecule has 23 heavy (non-hydrogen) atoms. The highest BCUT2D eigenvalue weighted by Crippen LogP contribution is 2.28. The summed E-state index contributed by atoms with van der Waals surface area (Å²) < 4.78 is 1.57. The summed E-state index contributed by atoms with van der Waals surface area (Å²) in [5, 5.41) is 14.7. The second-order valence-electron chi connectivity index (χ2n) is 5.76. The van der Waals surface area contributed by atoms with Gasteiger partial charge in [0.15, 0.2) is 5.16 Å². The predicted octanol–water partition coefficient (Wildman–Crippen LogP) is 0.825. The first-order valence-electron chi connectivity index (χ1n) is 7.60. The Labute approximate surface area is 144 Å². The van der Waals surface area contributed by atoms with Crippen molar-refractivity contribution < 1.29 is 9.59 Å². The maximum atomic E-state index is 12.1. The molecule has 9 heteroatoms. The average Bonchev–Trinajstić information content (AvgIpc) is 2.86. The number of carbonyl (C=O) groups excluding carboxylic acids is 2. The van der Waals surface area contributed by atoms with E-state index < -0.39 is 10.8 Å². The second-order valence-corrected chi connectivity index (χ2v) is 8.47. The van der Waals surface area contributed by atoms with Crippen LogP contribution in [0.4, 0.5) is 0 Å². The first-order valence-corrected chi connectivity index (χ1v) is 9.57. The monoisotopic (exact) mass is 357 g/mol. The third-order valence-electron chi connectivity index (χ3n) is 3.63. The summed E-state index contributed by atoms with van der Waals surface area (Å²) in [7, 11) is 0. The van der Waals surface area contributed by atoms with Gasteiger partial charge in [0.1, 0.15) is 11.9 Å². The fraction of sp³-hybridized carbons (Fsp3) is 0.714. The lowest BCUT2D eigenvalue weighted by atomic mass is 10.1. The Balaban J connectivity index is 1.74. The molecule has 0 spiro atoms. The second kappa shape index (κ2) is 7.57. The van der Waals surface area contributed by atoms with Crippen LogP contribution in [0.3, 0.4) is 0 Å². The van der Waals surface area contributed by atoms with Gasteiger partial charge in [-0.15, -0.1) is 22.0 Å². The Morgan fingerprint density at radius 2 is 2.26 bits per heavy atom. The largest absolute Gasteiger partial charge is 0.353 e. The number of aromatic nitrogens is 3. The number of hydrogen-bond acceptors (Lipinski definition) is 6. The average molecular weight is 358 g/mol. The first-order chi connectivity index (χ1) is 10.8. The summed E-state index contributed by atoms with van der Waals surface area (Å²) in [6, 6.07) is -0.452. The van der Waals surface area contributed by atoms with Crippen molar-refractivity contribution in [3.05, 3.63) is 5.82 Å². The van der Waals surface area contributed by atoms with Crippen molar-refractivity contribution in [2.75, 3.05) is 18.1 Å². The lowest BCUT2D eigenvalue weighted by Gasteiger charge is -2.32. The van der Waals surface area contributed by atoms with E-state index in [1.165, 1.54) is 11.8 Å². The van der Waals surface area contributed by atoms with Gasteiger partial charge in [-0.1, -0.05) is 11.8 Å². The van der Waals surface area contributed by atoms with Crippen LogP contribution in [0.1, 0.15) is 26.6 Å². The highest BCUT2D eigenvalue weighted by atomic mass is 32.2. The number of nitrogens with one attached hydrogen (secondary N) is 2. The van der Waals surface area contributed by atoms with Crippen LogP contribution >= 0.6 is 23.5 Å². The number of rotatable bonds is 6. The molecular formula is C14H23N5O2S2. The zero-order valence-electron chi connectivity index (χ0n) is 13.9. The minimum atomic E-state index is -0.464. The number of hydrogen-bond donors (Lipinski definition) is 2. The van der Waals surface area contributed by atoms with Crippen LogP contribution in [0.5, 0.6) is 0 Å². The topological polar surface area (TPSA) is 88.9 Å². The quantitative estimate of drug-likeness (QED) is 0.579. The minimum Gasteiger partial charge on any atom is -0.353 e. The lowest BCUT2D eigenvalue weighted by molar-refractivity contribution is -0.129. The molecule has 2 heterocycles. The van der Waals surface area contributed by atoms with Crippen LogP contribution < -0.4 is 10.6 Å². The van der Waals surface area contributed by atoms with Crippen molar-refractivity contribution in [2.24, 2.45) is 0 Å². The van der Waals surface area contributed by atoms with Crippen LogP contribution in [-0.2, 0) is 16.1 Å². The predicted molar refractivity (Wildman–Crippen MR) is 92.6 cm³/mol. The van der Waals surface area contributed by atoms with Crippen LogP contribution in [0.15, 0.2) is 5.16 Å². The number of nitrogens with zero attached hydrogens (tertiary/aromatic N) is 3. The molecule has 128 valence electrons. The molecule has 1 saturated heterocycles. The molecule has 1 aromatic heterocycles. The Kier molecular flexibility index (Phi) is 5.96. The fourth-order valence-corrected chi connectivity index (χ4v) is 4.05. The maximum Gasteiger partial charge on any atom is 0.243 e. The number of thioether (sulfide) groups is 2. The standard InChI is InChI=1S/C14H23N5O2S2/c1-5-19-9(2)17-18-13(19)22-7-6-15-11(20)10-8-23-14(3,4)12(21)16-10/h10H,5-8H2,1-4H3,(H,15,20)(H,16,21). The van der Waals surface area contributed by atoms with E-state index in [9.17, 15) is 9.59 Å². The van der Waals surface area contributed by atoms with Gasteiger partial charge in [-0.3, -0.25) is 9.59 Å². The third-order valence-corrected chi connectivity index (χ3v) is 6.01. The Bertz CT molecular complexity index is 588. The molecule has 0 radical (unpaired) electrons. The highest BCUT2D eigenvalue weighted by molar-refractivity contribution is 8.01. The van der Waals surface area contributed by atoms with Crippen LogP contribution in [0, 0.1) is 6.92 Å². The van der Waals surface area contributed by atoms with E-state index in [-0.39, 0.29) is 11.8 Å². The number of aryl methyl sites for hydroxylation is 1. The molecule has 1 aromatic rings. The van der Waals surface area contributed by atoms with E-state index in [4.69, 9.17) is 0 Å². The molecule has 1 atom stereocenters. The molecule has 2 rings (SSSR count). The van der Waals surface area contributed by atoms with Crippen molar-refractivity contribution in [1.82, 2.24) is 25.4 Å². The summed E-state index contributed by atoms with van der Waals surface area (Å²) in [6.07, 6.45) is 0. The van der Waals surface area contributed by atoms with Crippen molar-refractivity contribution >= 4 is 35.3 Å². The smallest absolute Gasteiger partial charge is 0.243 e. The molecule has 0 bridgehead atoms. The van der Waals surface area contributed by atoms with Crippen molar-refractivity contribution in [1.29, 1.82) is 0 Å². The molecule has 2 amide bonds. The number of carbonyl (C=O) groups is 2. The highest BCUT2D eigenvalue weighted by Gasteiger charge is 2.37. The molecule has 0 aliphatic carbocycles. The van der Waals surface area contributed by atoms with E-state index in [0.29, 0.717) is 18.1 Å².